The van der Waals surface area contributed by atoms with Crippen LogP contribution < -0.4 is 10.6 Å². The zero-order valence-electron chi connectivity index (χ0n) is 14.4. The number of hydroxylamine groups is 1. The number of anilines is 1. The number of phenolic OH excluding ortho intramolecular Hbond substituents is 1. The average Bonchev–Trinajstić information content (AvgIpc) is 2.60. The molecule has 1 saturated carbocycles. The Balaban J connectivity index is 2.31. The van der Waals surface area contributed by atoms with E-state index in [0.717, 1.165) is 14.2 Å². The molecule has 0 amide bonds. The number of aldehydes is 1. The molecule has 1 aromatic carbocycles. The average molecular weight is 406 g/mol. The fourth-order valence-electron chi connectivity index (χ4n) is 2.53. The SMILES string of the molecule is CON(C)S(=O)(=O)c1c(Cl)ccc(NC2CC(=O)C2NC(C)C=O)c1O. The number of carbonyl (C=O) groups is 2. The molecular weight excluding hydrogens is 386 g/mol. The summed E-state index contributed by atoms with van der Waals surface area (Å²) >= 11 is 5.96. The van der Waals surface area contributed by atoms with E-state index in [1.807, 2.05) is 0 Å². The molecule has 0 heterocycles. The molecule has 0 spiro atoms. The Labute approximate surface area is 156 Å². The van der Waals surface area contributed by atoms with Gasteiger partial charge >= 0.3 is 0 Å². The molecule has 26 heavy (non-hydrogen) atoms. The highest BCUT2D eigenvalue weighted by atomic mass is 35.5. The van der Waals surface area contributed by atoms with Crippen molar-refractivity contribution >= 4 is 39.4 Å². The van der Waals surface area contributed by atoms with Gasteiger partial charge in [-0.15, -0.1) is 0 Å². The molecule has 0 aliphatic heterocycles. The van der Waals surface area contributed by atoms with Gasteiger partial charge in [-0.05, 0) is 19.1 Å². The number of benzene rings is 1. The number of Topliss-reactive ketones (excluding diaryl/α,β-unsaturated/α-hetero) is 1. The molecule has 1 aromatic rings. The fraction of sp³-hybridized carbons (Fsp3) is 0.467. The first-order valence-electron chi connectivity index (χ1n) is 7.68. The third kappa shape index (κ3) is 3.84. The summed E-state index contributed by atoms with van der Waals surface area (Å²) in [6.07, 6.45) is 0.846. The molecule has 0 saturated heterocycles. The normalized spacial score (nSPS) is 21.3. The van der Waals surface area contributed by atoms with Crippen molar-refractivity contribution in [1.29, 1.82) is 0 Å². The first-order valence-corrected chi connectivity index (χ1v) is 9.50. The maximum atomic E-state index is 12.5. The lowest BCUT2D eigenvalue weighted by molar-refractivity contribution is -0.127. The second-order valence-electron chi connectivity index (χ2n) is 5.86. The van der Waals surface area contributed by atoms with Gasteiger partial charge in [0.25, 0.3) is 10.0 Å². The van der Waals surface area contributed by atoms with Gasteiger partial charge in [0.15, 0.2) is 11.5 Å². The largest absolute Gasteiger partial charge is 0.504 e. The van der Waals surface area contributed by atoms with Crippen LogP contribution in [-0.2, 0) is 24.4 Å². The van der Waals surface area contributed by atoms with Gasteiger partial charge in [0.1, 0.15) is 11.2 Å². The van der Waals surface area contributed by atoms with Gasteiger partial charge < -0.3 is 15.2 Å². The number of nitrogens with one attached hydrogen (secondary N) is 2. The number of ketones is 1. The molecule has 0 radical (unpaired) electrons. The van der Waals surface area contributed by atoms with Crippen LogP contribution in [0.5, 0.6) is 5.75 Å². The molecule has 9 nitrogen and oxygen atoms in total. The molecule has 3 N–H and O–H groups in total. The summed E-state index contributed by atoms with van der Waals surface area (Å²) in [6.45, 7) is 1.61. The molecule has 3 atom stereocenters. The van der Waals surface area contributed by atoms with Crippen molar-refractivity contribution < 1.29 is 28.0 Å². The van der Waals surface area contributed by atoms with E-state index < -0.39 is 38.8 Å². The number of hydrogen-bond donors (Lipinski definition) is 3. The molecule has 1 aliphatic carbocycles. The second kappa shape index (κ2) is 7.89. The van der Waals surface area contributed by atoms with Crippen LogP contribution in [0.25, 0.3) is 0 Å². The van der Waals surface area contributed by atoms with Gasteiger partial charge in [-0.2, -0.15) is 0 Å². The van der Waals surface area contributed by atoms with Crippen molar-refractivity contribution in [2.24, 2.45) is 0 Å². The Morgan fingerprint density at radius 1 is 1.46 bits per heavy atom. The van der Waals surface area contributed by atoms with Crippen LogP contribution >= 0.6 is 11.6 Å². The van der Waals surface area contributed by atoms with E-state index in [4.69, 9.17) is 11.6 Å². The van der Waals surface area contributed by atoms with Gasteiger partial charge in [-0.1, -0.05) is 16.1 Å². The lowest BCUT2D eigenvalue weighted by atomic mass is 9.84. The van der Waals surface area contributed by atoms with Gasteiger partial charge in [0.2, 0.25) is 0 Å². The summed E-state index contributed by atoms with van der Waals surface area (Å²) in [5.74, 6) is -0.667. The quantitative estimate of drug-likeness (QED) is 0.325. The molecule has 144 valence electrons. The third-order valence-corrected chi connectivity index (χ3v) is 6.28. The number of rotatable bonds is 8. The molecule has 0 bridgehead atoms. The zero-order valence-corrected chi connectivity index (χ0v) is 16.0. The van der Waals surface area contributed by atoms with Gasteiger partial charge in [0, 0.05) is 13.5 Å². The summed E-state index contributed by atoms with van der Waals surface area (Å²) in [7, 11) is -1.86. The Morgan fingerprint density at radius 2 is 2.12 bits per heavy atom. The van der Waals surface area contributed by atoms with Crippen molar-refractivity contribution in [3.63, 3.8) is 0 Å². The number of carbonyl (C=O) groups excluding carboxylic acids is 2. The lowest BCUT2D eigenvalue weighted by Gasteiger charge is -2.37. The Hall–Kier alpha value is -1.72. The number of nitrogens with zero attached hydrogens (tertiary/aromatic N) is 1. The van der Waals surface area contributed by atoms with Crippen LogP contribution in [0.2, 0.25) is 5.02 Å². The minimum Gasteiger partial charge on any atom is -0.504 e. The standard InChI is InChI=1S/C15H20ClN3O6S/c1-8(7-20)17-13-11(6-12(13)21)18-10-5-4-9(16)15(14(10)22)26(23,24)19(2)25-3/h4-5,7-8,11,13,17-18,22H,6H2,1-3H3. The molecule has 3 unspecified atom stereocenters. The van der Waals surface area contributed by atoms with Crippen LogP contribution in [0, 0.1) is 0 Å². The minimum absolute atomic E-state index is 0.0865. The van der Waals surface area contributed by atoms with E-state index in [1.165, 1.54) is 12.1 Å². The topological polar surface area (TPSA) is 125 Å². The first kappa shape index (κ1) is 20.6. The molecule has 11 heteroatoms. The van der Waals surface area contributed by atoms with Gasteiger partial charge in [0.05, 0.1) is 35.9 Å². The van der Waals surface area contributed by atoms with Crippen LogP contribution in [0.1, 0.15) is 13.3 Å². The molecule has 0 aromatic heterocycles. The number of phenols is 1. The third-order valence-electron chi connectivity index (χ3n) is 4.09. The molecule has 1 fully saturated rings. The summed E-state index contributed by atoms with van der Waals surface area (Å²) < 4.78 is 25.5. The summed E-state index contributed by atoms with van der Waals surface area (Å²) in [5.41, 5.74) is 0.0977. The Bertz CT molecular complexity index is 816. The molecule has 1 aliphatic rings. The monoisotopic (exact) mass is 405 g/mol. The fourth-order valence-corrected chi connectivity index (χ4v) is 4.09. The van der Waals surface area contributed by atoms with Crippen molar-refractivity contribution in [3.8, 4) is 5.75 Å². The maximum Gasteiger partial charge on any atom is 0.269 e. The predicted molar refractivity (Wildman–Crippen MR) is 94.6 cm³/mol. The zero-order chi connectivity index (χ0) is 19.6. The number of aromatic hydroxyl groups is 1. The summed E-state index contributed by atoms with van der Waals surface area (Å²) in [5, 5.41) is 16.0. The van der Waals surface area contributed by atoms with Crippen molar-refractivity contribution in [2.75, 3.05) is 19.5 Å². The molecule has 2 rings (SSSR count). The van der Waals surface area contributed by atoms with Crippen LogP contribution in [0.4, 0.5) is 5.69 Å². The number of halogens is 1. The van der Waals surface area contributed by atoms with Gasteiger partial charge in [-0.3, -0.25) is 14.9 Å². The van der Waals surface area contributed by atoms with E-state index in [9.17, 15) is 23.1 Å². The Morgan fingerprint density at radius 3 is 2.65 bits per heavy atom. The van der Waals surface area contributed by atoms with E-state index >= 15 is 0 Å². The number of hydrogen-bond acceptors (Lipinski definition) is 8. The highest BCUT2D eigenvalue weighted by Crippen LogP contribution is 2.39. The van der Waals surface area contributed by atoms with Crippen LogP contribution in [0.15, 0.2) is 17.0 Å². The summed E-state index contributed by atoms with van der Waals surface area (Å²) in [4.78, 5) is 26.7. The summed E-state index contributed by atoms with van der Waals surface area (Å²) in [6, 6.07) is 1.18. The first-order chi connectivity index (χ1) is 12.1. The van der Waals surface area contributed by atoms with Crippen molar-refractivity contribution in [3.05, 3.63) is 17.2 Å². The Kier molecular flexibility index (Phi) is 6.25. The predicted octanol–water partition coefficient (Wildman–Crippen LogP) is 0.526. The number of sulfonamides is 1. The molecular formula is C15H20ClN3O6S. The van der Waals surface area contributed by atoms with Crippen LogP contribution in [0.3, 0.4) is 0 Å². The maximum absolute atomic E-state index is 12.5. The van der Waals surface area contributed by atoms with Crippen LogP contribution in [-0.4, -0.2) is 62.3 Å². The van der Waals surface area contributed by atoms with Crippen molar-refractivity contribution in [1.82, 2.24) is 9.79 Å². The van der Waals surface area contributed by atoms with Crippen molar-refractivity contribution in [2.45, 2.75) is 36.4 Å². The smallest absolute Gasteiger partial charge is 0.269 e. The van der Waals surface area contributed by atoms with E-state index in [0.29, 0.717) is 10.8 Å². The van der Waals surface area contributed by atoms with Gasteiger partial charge in [-0.25, -0.2) is 8.42 Å². The second-order valence-corrected chi connectivity index (χ2v) is 8.14. The minimum atomic E-state index is -4.18. The van der Waals surface area contributed by atoms with E-state index in [-0.39, 0.29) is 22.9 Å². The van der Waals surface area contributed by atoms with E-state index in [2.05, 4.69) is 15.5 Å². The highest BCUT2D eigenvalue weighted by molar-refractivity contribution is 7.89. The van der Waals surface area contributed by atoms with E-state index in [1.54, 1.807) is 6.92 Å². The highest BCUT2D eigenvalue weighted by Gasteiger charge is 2.41. The lowest BCUT2D eigenvalue weighted by Crippen LogP contribution is -2.61.